The van der Waals surface area contributed by atoms with Crippen molar-refractivity contribution < 1.29 is 14.4 Å². The van der Waals surface area contributed by atoms with Gasteiger partial charge in [0.15, 0.2) is 0 Å². The summed E-state index contributed by atoms with van der Waals surface area (Å²) in [5.41, 5.74) is 2.98. The summed E-state index contributed by atoms with van der Waals surface area (Å²) >= 11 is 0. The number of carbonyl (C=O) groups is 1. The number of hydrogen-bond donors (Lipinski definition) is 0. The fraction of sp³-hybridized carbons (Fsp3) is 0.435. The SMILES string of the molecule is CCO/N=C/c1ccc(OCCCCCN2CCN(c3ccncc3)C2=O)c(C)c1. The van der Waals surface area contributed by atoms with E-state index >= 15 is 0 Å². The molecule has 1 aromatic heterocycles. The Morgan fingerprint density at radius 1 is 1.13 bits per heavy atom. The third-order valence-corrected chi connectivity index (χ3v) is 5.00. The van der Waals surface area contributed by atoms with Crippen molar-refractivity contribution in [1.82, 2.24) is 9.88 Å². The molecule has 1 aliphatic heterocycles. The van der Waals surface area contributed by atoms with Crippen molar-refractivity contribution in [2.75, 3.05) is 37.7 Å². The van der Waals surface area contributed by atoms with E-state index in [-0.39, 0.29) is 6.03 Å². The third-order valence-electron chi connectivity index (χ3n) is 5.00. The summed E-state index contributed by atoms with van der Waals surface area (Å²) < 4.78 is 5.92. The average molecular weight is 411 g/mol. The lowest BCUT2D eigenvalue weighted by molar-refractivity contribution is 0.160. The number of carbonyl (C=O) groups excluding carboxylic acids is 1. The number of urea groups is 1. The van der Waals surface area contributed by atoms with Gasteiger partial charge in [-0.2, -0.15) is 0 Å². The fourth-order valence-electron chi connectivity index (χ4n) is 3.40. The minimum atomic E-state index is 0.0843. The van der Waals surface area contributed by atoms with Crippen molar-refractivity contribution in [2.45, 2.75) is 33.1 Å². The topological polar surface area (TPSA) is 67.3 Å². The predicted molar refractivity (Wildman–Crippen MR) is 118 cm³/mol. The van der Waals surface area contributed by atoms with Crippen LogP contribution in [0.25, 0.3) is 0 Å². The number of oxime groups is 1. The Morgan fingerprint density at radius 3 is 2.73 bits per heavy atom. The molecule has 0 spiro atoms. The molecule has 0 atom stereocenters. The lowest BCUT2D eigenvalue weighted by Crippen LogP contribution is -2.32. The van der Waals surface area contributed by atoms with Gasteiger partial charge in [0.25, 0.3) is 0 Å². The van der Waals surface area contributed by atoms with E-state index < -0.39 is 0 Å². The molecule has 0 saturated carbocycles. The van der Waals surface area contributed by atoms with E-state index in [1.807, 2.05) is 54.0 Å². The van der Waals surface area contributed by atoms with E-state index in [2.05, 4.69) is 10.1 Å². The number of aryl methyl sites for hydroxylation is 1. The molecule has 30 heavy (non-hydrogen) atoms. The van der Waals surface area contributed by atoms with Crippen molar-refractivity contribution in [3.05, 3.63) is 53.9 Å². The van der Waals surface area contributed by atoms with E-state index in [1.165, 1.54) is 0 Å². The van der Waals surface area contributed by atoms with Crippen LogP contribution in [0.5, 0.6) is 5.75 Å². The van der Waals surface area contributed by atoms with Crippen molar-refractivity contribution in [2.24, 2.45) is 5.16 Å². The number of amides is 2. The Balaban J connectivity index is 1.34. The summed E-state index contributed by atoms with van der Waals surface area (Å²) in [6, 6.07) is 9.81. The largest absolute Gasteiger partial charge is 0.493 e. The lowest BCUT2D eigenvalue weighted by Gasteiger charge is -2.18. The summed E-state index contributed by atoms with van der Waals surface area (Å²) in [4.78, 5) is 25.3. The molecule has 0 N–H and O–H groups in total. The maximum atomic E-state index is 12.5. The van der Waals surface area contributed by atoms with Crippen molar-refractivity contribution in [1.29, 1.82) is 0 Å². The number of aromatic nitrogens is 1. The number of anilines is 1. The van der Waals surface area contributed by atoms with Gasteiger partial charge < -0.3 is 14.5 Å². The first-order chi connectivity index (χ1) is 14.7. The highest BCUT2D eigenvalue weighted by molar-refractivity contribution is 5.94. The minimum Gasteiger partial charge on any atom is -0.493 e. The second-order valence-corrected chi connectivity index (χ2v) is 7.21. The molecule has 2 amide bonds. The van der Waals surface area contributed by atoms with Crippen LogP contribution in [0, 0.1) is 6.92 Å². The number of nitrogens with zero attached hydrogens (tertiary/aromatic N) is 4. The van der Waals surface area contributed by atoms with Crippen molar-refractivity contribution >= 4 is 17.9 Å². The second kappa shape index (κ2) is 11.2. The molecule has 1 aromatic carbocycles. The molecular weight excluding hydrogens is 380 g/mol. The molecule has 160 valence electrons. The van der Waals surface area contributed by atoms with Gasteiger partial charge in [-0.1, -0.05) is 5.16 Å². The lowest BCUT2D eigenvalue weighted by atomic mass is 10.1. The number of benzene rings is 1. The molecule has 0 unspecified atom stereocenters. The fourth-order valence-corrected chi connectivity index (χ4v) is 3.40. The summed E-state index contributed by atoms with van der Waals surface area (Å²) in [6.45, 7) is 7.45. The predicted octanol–water partition coefficient (Wildman–Crippen LogP) is 4.25. The molecule has 2 aromatic rings. The smallest absolute Gasteiger partial charge is 0.324 e. The van der Waals surface area contributed by atoms with Crippen LogP contribution in [0.1, 0.15) is 37.3 Å². The van der Waals surface area contributed by atoms with E-state index in [9.17, 15) is 4.79 Å². The Kier molecular flexibility index (Phi) is 8.06. The molecule has 7 nitrogen and oxygen atoms in total. The van der Waals surface area contributed by atoms with Crippen molar-refractivity contribution in [3.8, 4) is 5.75 Å². The summed E-state index contributed by atoms with van der Waals surface area (Å²) in [5.74, 6) is 0.895. The Hall–Kier alpha value is -3.09. The van der Waals surface area contributed by atoms with E-state index in [0.717, 1.165) is 61.5 Å². The highest BCUT2D eigenvalue weighted by atomic mass is 16.6. The van der Waals surface area contributed by atoms with Gasteiger partial charge in [0.05, 0.1) is 12.8 Å². The van der Waals surface area contributed by atoms with E-state index in [4.69, 9.17) is 9.57 Å². The molecule has 0 bridgehead atoms. The number of hydrogen-bond acceptors (Lipinski definition) is 5. The average Bonchev–Trinajstić information content (AvgIpc) is 3.13. The van der Waals surface area contributed by atoms with Gasteiger partial charge in [0.2, 0.25) is 0 Å². The van der Waals surface area contributed by atoms with Crippen LogP contribution in [-0.4, -0.2) is 55.0 Å². The van der Waals surface area contributed by atoms with E-state index in [0.29, 0.717) is 13.2 Å². The highest BCUT2D eigenvalue weighted by Crippen LogP contribution is 2.20. The van der Waals surface area contributed by atoms with Gasteiger partial charge in [0.1, 0.15) is 12.4 Å². The van der Waals surface area contributed by atoms with Gasteiger partial charge in [0, 0.05) is 37.7 Å². The third kappa shape index (κ3) is 5.95. The zero-order valence-electron chi connectivity index (χ0n) is 17.8. The van der Waals surface area contributed by atoms with Crippen LogP contribution < -0.4 is 9.64 Å². The molecule has 2 heterocycles. The quantitative estimate of drug-likeness (QED) is 0.315. The summed E-state index contributed by atoms with van der Waals surface area (Å²) in [7, 11) is 0. The van der Waals surface area contributed by atoms with Crippen molar-refractivity contribution in [3.63, 3.8) is 0 Å². The molecule has 7 heteroatoms. The second-order valence-electron chi connectivity index (χ2n) is 7.21. The van der Waals surface area contributed by atoms with Crippen LogP contribution in [0.3, 0.4) is 0 Å². The van der Waals surface area contributed by atoms with Gasteiger partial charge >= 0.3 is 6.03 Å². The first-order valence-corrected chi connectivity index (χ1v) is 10.5. The van der Waals surface area contributed by atoms with Crippen LogP contribution in [0.2, 0.25) is 0 Å². The number of ether oxygens (including phenoxy) is 1. The van der Waals surface area contributed by atoms with Crippen LogP contribution in [0.15, 0.2) is 47.9 Å². The summed E-state index contributed by atoms with van der Waals surface area (Å²) in [5, 5.41) is 3.89. The molecule has 0 radical (unpaired) electrons. The van der Waals surface area contributed by atoms with Gasteiger partial charge in [-0.25, -0.2) is 4.79 Å². The maximum absolute atomic E-state index is 12.5. The molecule has 1 saturated heterocycles. The first kappa shape index (κ1) is 21.6. The monoisotopic (exact) mass is 410 g/mol. The molecule has 3 rings (SSSR count). The Labute approximate surface area is 178 Å². The number of unbranched alkanes of at least 4 members (excludes halogenated alkanes) is 2. The number of pyridine rings is 1. The minimum absolute atomic E-state index is 0.0843. The van der Waals surface area contributed by atoms with Gasteiger partial charge in [-0.3, -0.25) is 9.88 Å². The van der Waals surface area contributed by atoms with Crippen LogP contribution in [-0.2, 0) is 4.84 Å². The van der Waals surface area contributed by atoms with Gasteiger partial charge in [-0.05, 0) is 74.6 Å². The molecule has 0 aliphatic carbocycles. The van der Waals surface area contributed by atoms with Crippen LogP contribution in [0.4, 0.5) is 10.5 Å². The molecule has 1 fully saturated rings. The Bertz CT molecular complexity index is 842. The van der Waals surface area contributed by atoms with Gasteiger partial charge in [-0.15, -0.1) is 0 Å². The first-order valence-electron chi connectivity index (χ1n) is 10.5. The number of rotatable bonds is 11. The zero-order valence-corrected chi connectivity index (χ0v) is 17.8. The Morgan fingerprint density at radius 2 is 1.97 bits per heavy atom. The maximum Gasteiger partial charge on any atom is 0.324 e. The highest BCUT2D eigenvalue weighted by Gasteiger charge is 2.28. The normalized spacial score (nSPS) is 14.0. The van der Waals surface area contributed by atoms with Crippen LogP contribution >= 0.6 is 0 Å². The zero-order chi connectivity index (χ0) is 21.2. The molecular formula is C23H30N4O3. The molecule has 1 aliphatic rings. The summed E-state index contributed by atoms with van der Waals surface area (Å²) in [6.07, 6.45) is 8.10. The standard InChI is InChI=1S/C23H30N4O3/c1-3-30-25-18-20-7-8-22(19(2)17-20)29-16-6-4-5-13-26-14-15-27(23(26)28)21-9-11-24-12-10-21/h7-12,17-18H,3-6,13-16H2,1-2H3/b25-18+. The van der Waals surface area contributed by atoms with E-state index in [1.54, 1.807) is 18.6 Å².